The number of amides is 2. The van der Waals surface area contributed by atoms with Gasteiger partial charge in [0.1, 0.15) is 17.6 Å². The Hall–Kier alpha value is -2.97. The van der Waals surface area contributed by atoms with E-state index in [1.807, 2.05) is 54.6 Å². The van der Waals surface area contributed by atoms with E-state index >= 15 is 0 Å². The van der Waals surface area contributed by atoms with E-state index in [0.717, 1.165) is 44.1 Å². The zero-order chi connectivity index (χ0) is 27.4. The maximum atomic E-state index is 14.4. The first kappa shape index (κ1) is 27.6. The van der Waals surface area contributed by atoms with Crippen LogP contribution in [-0.4, -0.2) is 82.8 Å². The fraction of sp³-hybridized carbons (Fsp3) is 0.581. The van der Waals surface area contributed by atoms with Crippen molar-refractivity contribution in [3.8, 4) is 0 Å². The Kier molecular flexibility index (Phi) is 8.52. The molecule has 2 saturated heterocycles. The van der Waals surface area contributed by atoms with Gasteiger partial charge >= 0.3 is 5.97 Å². The second kappa shape index (κ2) is 12.0. The second-order valence-corrected chi connectivity index (χ2v) is 11.1. The molecule has 5 rings (SSSR count). The van der Waals surface area contributed by atoms with Crippen LogP contribution in [0, 0.1) is 11.8 Å². The molecule has 0 saturated carbocycles. The molecule has 6 atom stereocenters. The van der Waals surface area contributed by atoms with Gasteiger partial charge in [0.05, 0.1) is 31.3 Å². The molecular formula is C31H40N2O6. The minimum absolute atomic E-state index is 0.195. The molecule has 0 aromatic heterocycles. The summed E-state index contributed by atoms with van der Waals surface area (Å²) in [6.07, 6.45) is 12.7. The number of likely N-dealkylation sites (tertiary alicyclic amines) is 1. The molecule has 4 aliphatic rings. The molecule has 1 aromatic carbocycles. The van der Waals surface area contributed by atoms with Crippen LogP contribution in [0.25, 0.3) is 0 Å². The predicted octanol–water partition coefficient (Wildman–Crippen LogP) is 3.04. The van der Waals surface area contributed by atoms with Gasteiger partial charge in [-0.1, -0.05) is 74.4 Å². The number of fused-ring (bicyclic) bond motifs is 2. The molecule has 4 aliphatic heterocycles. The van der Waals surface area contributed by atoms with E-state index in [4.69, 9.17) is 9.47 Å². The first-order valence-electron chi connectivity index (χ1n) is 14.5. The topological polar surface area (TPSA) is 96.4 Å². The predicted molar refractivity (Wildman–Crippen MR) is 145 cm³/mol. The fourth-order valence-corrected chi connectivity index (χ4v) is 6.69. The quantitative estimate of drug-likeness (QED) is 0.312. The number of hydrogen-bond donors (Lipinski definition) is 1. The fourth-order valence-electron chi connectivity index (χ4n) is 6.69. The highest BCUT2D eigenvalue weighted by molar-refractivity contribution is 5.99. The summed E-state index contributed by atoms with van der Waals surface area (Å²) in [5.41, 5.74) is -0.364. The summed E-state index contributed by atoms with van der Waals surface area (Å²) in [5, 5.41) is 10.6. The van der Waals surface area contributed by atoms with Crippen molar-refractivity contribution >= 4 is 17.8 Å². The second-order valence-electron chi connectivity index (χ2n) is 11.1. The highest BCUT2D eigenvalue weighted by Gasteiger charge is 2.72. The monoisotopic (exact) mass is 536 g/mol. The third-order valence-corrected chi connectivity index (χ3v) is 8.57. The lowest BCUT2D eigenvalue weighted by Gasteiger charge is -2.38. The molecule has 210 valence electrons. The number of allylic oxidation sites excluding steroid dienone is 1. The van der Waals surface area contributed by atoms with Crippen LogP contribution in [-0.2, 0) is 30.3 Å². The first-order valence-corrected chi connectivity index (χ1v) is 14.5. The van der Waals surface area contributed by atoms with Crippen LogP contribution in [0.2, 0.25) is 0 Å². The van der Waals surface area contributed by atoms with E-state index in [9.17, 15) is 19.5 Å². The van der Waals surface area contributed by atoms with Gasteiger partial charge in [-0.15, -0.1) is 0 Å². The number of carbonyl (C=O) groups is 3. The Morgan fingerprint density at radius 3 is 2.67 bits per heavy atom. The lowest BCUT2D eigenvalue weighted by molar-refractivity contribution is -0.156. The van der Waals surface area contributed by atoms with Crippen molar-refractivity contribution < 1.29 is 29.0 Å². The minimum Gasteiger partial charge on any atom is -0.465 e. The van der Waals surface area contributed by atoms with Crippen LogP contribution < -0.4 is 0 Å². The van der Waals surface area contributed by atoms with Crippen molar-refractivity contribution in [2.24, 2.45) is 11.8 Å². The van der Waals surface area contributed by atoms with Gasteiger partial charge in [0, 0.05) is 13.1 Å². The summed E-state index contributed by atoms with van der Waals surface area (Å²) in [5.74, 6) is -2.77. The van der Waals surface area contributed by atoms with Gasteiger partial charge in [-0.3, -0.25) is 14.4 Å². The number of aliphatic hydroxyl groups is 1. The number of ether oxygens (including phenoxy) is 2. The van der Waals surface area contributed by atoms with Crippen molar-refractivity contribution in [1.82, 2.24) is 9.80 Å². The zero-order valence-corrected chi connectivity index (χ0v) is 22.7. The number of cyclic esters (lactones) is 1. The van der Waals surface area contributed by atoms with Crippen molar-refractivity contribution in [2.75, 3.05) is 26.3 Å². The summed E-state index contributed by atoms with van der Waals surface area (Å²) in [7, 11) is 0. The van der Waals surface area contributed by atoms with E-state index in [2.05, 4.69) is 6.92 Å². The minimum atomic E-state index is -1.31. The summed E-state index contributed by atoms with van der Waals surface area (Å²) in [6, 6.07) is 8.01. The lowest BCUT2D eigenvalue weighted by Crippen LogP contribution is -2.58. The van der Waals surface area contributed by atoms with Gasteiger partial charge < -0.3 is 24.4 Å². The molecule has 8 heteroatoms. The molecule has 0 radical (unpaired) electrons. The van der Waals surface area contributed by atoms with Crippen LogP contribution in [0.4, 0.5) is 0 Å². The number of hydrogen-bond acceptors (Lipinski definition) is 6. The van der Waals surface area contributed by atoms with Crippen LogP contribution >= 0.6 is 0 Å². The molecule has 8 nitrogen and oxygen atoms in total. The largest absolute Gasteiger partial charge is 0.465 e. The Labute approximate surface area is 230 Å². The highest BCUT2D eigenvalue weighted by Crippen LogP contribution is 2.53. The molecule has 4 heterocycles. The summed E-state index contributed by atoms with van der Waals surface area (Å²) in [4.78, 5) is 45.5. The van der Waals surface area contributed by atoms with Gasteiger partial charge in [-0.25, -0.2) is 0 Å². The van der Waals surface area contributed by atoms with E-state index in [1.54, 1.807) is 4.90 Å². The van der Waals surface area contributed by atoms with Gasteiger partial charge in [0.2, 0.25) is 11.8 Å². The van der Waals surface area contributed by atoms with E-state index < -0.39 is 41.6 Å². The van der Waals surface area contributed by atoms with Crippen LogP contribution in [0.5, 0.6) is 0 Å². The number of unbranched alkanes of at least 4 members (excludes halogenated alkanes) is 2. The summed E-state index contributed by atoms with van der Waals surface area (Å²) >= 11 is 0. The van der Waals surface area contributed by atoms with Gasteiger partial charge in [0.15, 0.2) is 0 Å². The van der Waals surface area contributed by atoms with Crippen LogP contribution in [0.15, 0.2) is 54.6 Å². The Balaban J connectivity index is 1.57. The van der Waals surface area contributed by atoms with Crippen LogP contribution in [0.1, 0.15) is 51.0 Å². The molecule has 2 fully saturated rings. The van der Waals surface area contributed by atoms with E-state index in [0.29, 0.717) is 26.1 Å². The molecular weight excluding hydrogens is 496 g/mol. The normalized spacial score (nSPS) is 32.2. The Bertz CT molecular complexity index is 1100. The molecule has 0 bridgehead atoms. The summed E-state index contributed by atoms with van der Waals surface area (Å²) in [6.45, 7) is 3.09. The lowest BCUT2D eigenvalue weighted by atomic mass is 9.78. The molecule has 2 amide bonds. The van der Waals surface area contributed by atoms with Gasteiger partial charge in [-0.2, -0.15) is 0 Å². The number of benzene rings is 1. The Morgan fingerprint density at radius 2 is 1.90 bits per heavy atom. The molecule has 39 heavy (non-hydrogen) atoms. The van der Waals surface area contributed by atoms with Gasteiger partial charge in [-0.05, 0) is 37.7 Å². The van der Waals surface area contributed by atoms with Crippen molar-refractivity contribution in [1.29, 1.82) is 0 Å². The maximum absolute atomic E-state index is 14.4. The zero-order valence-electron chi connectivity index (χ0n) is 22.7. The van der Waals surface area contributed by atoms with E-state index in [-0.39, 0.29) is 18.4 Å². The summed E-state index contributed by atoms with van der Waals surface area (Å²) < 4.78 is 12.3. The van der Waals surface area contributed by atoms with E-state index in [1.165, 1.54) is 4.90 Å². The van der Waals surface area contributed by atoms with Crippen LogP contribution in [0.3, 0.4) is 0 Å². The number of carbonyl (C=O) groups excluding carboxylic acids is 3. The first-order chi connectivity index (χ1) is 19.0. The number of rotatable bonds is 8. The third kappa shape index (κ3) is 5.16. The highest BCUT2D eigenvalue weighted by atomic mass is 16.6. The smallest absolute Gasteiger partial charge is 0.312 e. The Morgan fingerprint density at radius 1 is 1.08 bits per heavy atom. The molecule has 1 aromatic rings. The molecule has 1 spiro atoms. The number of nitrogens with zero attached hydrogens (tertiary/aromatic N) is 2. The number of esters is 1. The third-order valence-electron chi connectivity index (χ3n) is 8.57. The number of aliphatic hydroxyl groups excluding tert-OH is 1. The maximum Gasteiger partial charge on any atom is 0.312 e. The average Bonchev–Trinajstić information content (AvgIpc) is 3.34. The SMILES string of the molecule is CCCCCN1CC=C[C@]23O[C@@H]4/C=C\CCCCOC(=O)[C@@H]4[C@H]2C(=O)N([C@@H](CO)Cc2ccccc2)C3C1=O. The molecule has 1 N–H and O–H groups in total. The average molecular weight is 537 g/mol. The van der Waals surface area contributed by atoms with Crippen molar-refractivity contribution in [3.63, 3.8) is 0 Å². The molecule has 1 unspecified atom stereocenters. The van der Waals surface area contributed by atoms with Crippen molar-refractivity contribution in [2.45, 2.75) is 75.7 Å². The standard InChI is InChI=1S/C31H40N2O6/c1-2-3-10-17-32-18-12-16-31-26(25-24(39-31)15-9-4-5-11-19-38-30(25)37)28(35)33(27(31)29(32)36)23(21-34)20-22-13-7-6-8-14-22/h6-9,12-16,23-27,34H,2-5,10-11,17-21H2,1H3/b15-9-/t23-,24-,25+,26+,27?,31+/m1/s1. The molecule has 0 aliphatic carbocycles. The van der Waals surface area contributed by atoms with Gasteiger partial charge in [0.25, 0.3) is 0 Å². The van der Waals surface area contributed by atoms with Crippen molar-refractivity contribution in [3.05, 3.63) is 60.2 Å².